The van der Waals surface area contributed by atoms with Crippen LogP contribution in [0.15, 0.2) is 53.1 Å². The summed E-state index contributed by atoms with van der Waals surface area (Å²) in [4.78, 5) is 0. The Morgan fingerprint density at radius 2 is 1.88 bits per heavy atom. The predicted octanol–water partition coefficient (Wildman–Crippen LogP) is 4.57. The maximum Gasteiger partial charge on any atom is 0.212 e. The molecule has 0 aliphatic carbocycles. The van der Waals surface area contributed by atoms with E-state index in [4.69, 9.17) is 4.42 Å². The van der Waals surface area contributed by atoms with Crippen LogP contribution in [-0.2, 0) is 7.05 Å². The summed E-state index contributed by atoms with van der Waals surface area (Å²) < 4.78 is 8.18. The van der Waals surface area contributed by atoms with E-state index in [1.54, 1.807) is 0 Å². The van der Waals surface area contributed by atoms with Gasteiger partial charge in [0.05, 0.1) is 17.2 Å². The van der Waals surface area contributed by atoms with Crippen molar-refractivity contribution in [3.63, 3.8) is 0 Å². The fourth-order valence-electron chi connectivity index (χ4n) is 3.39. The molecular weight excluding hydrogens is 296 g/mol. The Hall–Kier alpha value is -3.12. The second-order valence-electron chi connectivity index (χ2n) is 6.19. The third-order valence-corrected chi connectivity index (χ3v) is 4.69. The number of rotatable bonds is 1. The Kier molecular flexibility index (Phi) is 3.14. The second kappa shape index (κ2) is 5.21. The Labute approximate surface area is 140 Å². The second-order valence-corrected chi connectivity index (χ2v) is 6.19. The van der Waals surface area contributed by atoms with Crippen LogP contribution in [0.1, 0.15) is 16.7 Å². The minimum absolute atomic E-state index is 0.696. The van der Waals surface area contributed by atoms with Crippen molar-refractivity contribution in [1.29, 1.82) is 5.26 Å². The molecule has 0 atom stereocenters. The predicted molar refractivity (Wildman–Crippen MR) is 94.5 cm³/mol. The molecule has 0 amide bonds. The maximum absolute atomic E-state index is 9.28. The molecule has 3 nitrogen and oxygen atoms in total. The first-order chi connectivity index (χ1) is 11.6. The van der Waals surface area contributed by atoms with E-state index in [1.807, 2.05) is 44.4 Å². The summed E-state index contributed by atoms with van der Waals surface area (Å²) in [5.41, 5.74) is 6.85. The summed E-state index contributed by atoms with van der Waals surface area (Å²) in [6.45, 7) is 4.10. The van der Waals surface area contributed by atoms with Crippen LogP contribution in [0, 0.1) is 25.2 Å². The number of nitrogens with zero attached hydrogens (tertiary/aromatic N) is 2. The molecule has 0 bridgehead atoms. The van der Waals surface area contributed by atoms with E-state index in [2.05, 4.69) is 35.8 Å². The van der Waals surface area contributed by atoms with Gasteiger partial charge in [-0.2, -0.15) is 5.26 Å². The molecule has 0 saturated carbocycles. The highest BCUT2D eigenvalue weighted by atomic mass is 16.3. The van der Waals surface area contributed by atoms with Crippen molar-refractivity contribution in [2.24, 2.45) is 7.05 Å². The highest BCUT2D eigenvalue weighted by molar-refractivity contribution is 6.08. The molecule has 3 heteroatoms. The van der Waals surface area contributed by atoms with Gasteiger partial charge in [-0.05, 0) is 55.3 Å². The van der Waals surface area contributed by atoms with Crippen LogP contribution in [0.5, 0.6) is 0 Å². The van der Waals surface area contributed by atoms with Crippen LogP contribution in [0.25, 0.3) is 33.2 Å². The molecule has 0 aliphatic rings. The number of benzene rings is 2. The first-order valence-corrected chi connectivity index (χ1v) is 7.91. The summed E-state index contributed by atoms with van der Waals surface area (Å²) in [5.74, 6) is 0. The summed E-state index contributed by atoms with van der Waals surface area (Å²) >= 11 is 0. The lowest BCUT2D eigenvalue weighted by molar-refractivity contribution is -0.660. The van der Waals surface area contributed by atoms with Crippen molar-refractivity contribution < 1.29 is 8.98 Å². The minimum Gasteiger partial charge on any atom is -0.456 e. The van der Waals surface area contributed by atoms with Crippen molar-refractivity contribution >= 4 is 21.9 Å². The number of furan rings is 1. The van der Waals surface area contributed by atoms with Gasteiger partial charge in [0.1, 0.15) is 18.2 Å². The van der Waals surface area contributed by atoms with E-state index >= 15 is 0 Å². The average Bonchev–Trinajstić information content (AvgIpc) is 2.93. The first-order valence-electron chi connectivity index (χ1n) is 7.91. The smallest absolute Gasteiger partial charge is 0.212 e. The number of nitriles is 1. The molecule has 2 aromatic carbocycles. The minimum atomic E-state index is 0.696. The highest BCUT2D eigenvalue weighted by Gasteiger charge is 2.17. The molecular formula is C21H17N2O+. The van der Waals surface area contributed by atoms with Crippen molar-refractivity contribution in [2.75, 3.05) is 0 Å². The zero-order chi connectivity index (χ0) is 16.8. The highest BCUT2D eigenvalue weighted by Crippen LogP contribution is 2.36. The summed E-state index contributed by atoms with van der Waals surface area (Å²) in [6, 6.07) is 16.4. The Bertz CT molecular complexity index is 1150. The maximum atomic E-state index is 9.28. The topological polar surface area (TPSA) is 40.8 Å². The van der Waals surface area contributed by atoms with Gasteiger partial charge in [0.25, 0.3) is 0 Å². The van der Waals surface area contributed by atoms with Crippen LogP contribution in [0.3, 0.4) is 0 Å². The molecule has 116 valence electrons. The number of hydrogen-bond acceptors (Lipinski definition) is 2. The lowest BCUT2D eigenvalue weighted by Crippen LogP contribution is -2.30. The number of pyridine rings is 1. The molecule has 0 fully saturated rings. The van der Waals surface area contributed by atoms with Crippen LogP contribution >= 0.6 is 0 Å². The van der Waals surface area contributed by atoms with E-state index in [1.165, 1.54) is 5.56 Å². The van der Waals surface area contributed by atoms with Crippen molar-refractivity contribution in [3.8, 4) is 17.3 Å². The fraction of sp³-hybridized carbons (Fsp3) is 0.143. The molecule has 24 heavy (non-hydrogen) atoms. The van der Waals surface area contributed by atoms with Gasteiger partial charge < -0.3 is 4.42 Å². The number of aromatic nitrogens is 1. The third kappa shape index (κ3) is 2.00. The zero-order valence-electron chi connectivity index (χ0n) is 13.9. The van der Waals surface area contributed by atoms with Crippen molar-refractivity contribution in [3.05, 3.63) is 65.4 Å². The molecule has 2 heterocycles. The molecule has 0 unspecified atom stereocenters. The molecule has 4 rings (SSSR count). The standard InChI is InChI=1S/C21H17N2O/c1-13-10-17-20(11-16(13)18-6-4-5-9-23(18)3)24-19-8-7-15(12-22)14(2)21(17)19/h4-11H,1-3H3/q+1. The molecule has 0 radical (unpaired) electrons. The Balaban J connectivity index is 2.07. The Morgan fingerprint density at radius 3 is 2.62 bits per heavy atom. The van der Waals surface area contributed by atoms with Crippen molar-refractivity contribution in [2.45, 2.75) is 13.8 Å². The molecule has 0 aliphatic heterocycles. The summed E-state index contributed by atoms with van der Waals surface area (Å²) in [5, 5.41) is 11.4. The number of hydrogen-bond donors (Lipinski definition) is 0. The van der Waals surface area contributed by atoms with Gasteiger partial charge in [-0.1, -0.05) is 0 Å². The average molecular weight is 313 g/mol. The molecule has 0 saturated heterocycles. The molecule has 4 aromatic rings. The van der Waals surface area contributed by atoms with Gasteiger partial charge in [-0.3, -0.25) is 0 Å². The fourth-order valence-corrected chi connectivity index (χ4v) is 3.39. The monoisotopic (exact) mass is 313 g/mol. The lowest BCUT2D eigenvalue weighted by Gasteiger charge is -2.05. The van der Waals surface area contributed by atoms with Crippen LogP contribution in [-0.4, -0.2) is 0 Å². The van der Waals surface area contributed by atoms with Gasteiger partial charge in [-0.25, -0.2) is 4.57 Å². The van der Waals surface area contributed by atoms with Gasteiger partial charge in [0.15, 0.2) is 6.20 Å². The van der Waals surface area contributed by atoms with Gasteiger partial charge >= 0.3 is 0 Å². The largest absolute Gasteiger partial charge is 0.456 e. The SMILES string of the molecule is Cc1cc2c(cc1-c1cccc[n+]1C)oc1ccc(C#N)c(C)c12. The Morgan fingerprint density at radius 1 is 1.04 bits per heavy atom. The quantitative estimate of drug-likeness (QED) is 0.483. The molecule has 0 spiro atoms. The van der Waals surface area contributed by atoms with Crippen molar-refractivity contribution in [1.82, 2.24) is 0 Å². The van der Waals surface area contributed by atoms with E-state index in [0.29, 0.717) is 5.56 Å². The van der Waals surface area contributed by atoms with Gasteiger partial charge in [0, 0.05) is 22.9 Å². The van der Waals surface area contributed by atoms with E-state index in [9.17, 15) is 5.26 Å². The van der Waals surface area contributed by atoms with E-state index in [-0.39, 0.29) is 0 Å². The van der Waals surface area contributed by atoms with Crippen LogP contribution in [0.4, 0.5) is 0 Å². The van der Waals surface area contributed by atoms with Gasteiger partial charge in [0.2, 0.25) is 5.69 Å². The molecule has 0 N–H and O–H groups in total. The first kappa shape index (κ1) is 14.5. The van der Waals surface area contributed by atoms with Gasteiger partial charge in [-0.15, -0.1) is 0 Å². The van der Waals surface area contributed by atoms with Crippen LogP contribution in [0.2, 0.25) is 0 Å². The third-order valence-electron chi connectivity index (χ3n) is 4.69. The van der Waals surface area contributed by atoms with Crippen LogP contribution < -0.4 is 4.57 Å². The van der Waals surface area contributed by atoms with E-state index < -0.39 is 0 Å². The zero-order valence-corrected chi connectivity index (χ0v) is 13.9. The normalized spacial score (nSPS) is 11.1. The lowest BCUT2D eigenvalue weighted by atomic mass is 9.98. The summed E-state index contributed by atoms with van der Waals surface area (Å²) in [6.07, 6.45) is 2.04. The summed E-state index contributed by atoms with van der Waals surface area (Å²) in [7, 11) is 2.04. The molecule has 2 aromatic heterocycles. The number of fused-ring (bicyclic) bond motifs is 3. The van der Waals surface area contributed by atoms with E-state index in [0.717, 1.165) is 38.8 Å². The number of aryl methyl sites for hydroxylation is 3.